The van der Waals surface area contributed by atoms with Gasteiger partial charge in [-0.2, -0.15) is 0 Å². The summed E-state index contributed by atoms with van der Waals surface area (Å²) in [5.41, 5.74) is 0.774. The smallest absolute Gasteiger partial charge is 0.269 e. The lowest BCUT2D eigenvalue weighted by Gasteiger charge is -2.32. The van der Waals surface area contributed by atoms with Crippen LogP contribution in [0.5, 0.6) is 0 Å². The number of fused-ring (bicyclic) bond motifs is 2. The summed E-state index contributed by atoms with van der Waals surface area (Å²) in [5, 5.41) is 29.1. The maximum Gasteiger partial charge on any atom is 0.269 e. The van der Waals surface area contributed by atoms with Crippen LogP contribution in [0.2, 0.25) is 18.6 Å². The normalized spacial score (nSPS) is 24.5. The number of aromatic nitrogens is 3. The number of benzene rings is 2. The minimum absolute atomic E-state index is 0.0238. The lowest BCUT2D eigenvalue weighted by Crippen LogP contribution is -2.46. The van der Waals surface area contributed by atoms with Crippen LogP contribution in [0, 0.1) is 16.0 Å². The SMILES string of the molecule is C[C@@H]1[C@@H]([Si](C)(C)O)[C@H](CCn2cc(CCO)nn2)O[C@@]12C(=O)N(Cc1ccccc1)c1ccc([N+](=O)[O-])cc12. The molecule has 4 atom stereocenters. The maximum atomic E-state index is 14.4. The Balaban J connectivity index is 1.54. The largest absolute Gasteiger partial charge is 0.432 e. The number of aliphatic hydroxyl groups is 1. The van der Waals surface area contributed by atoms with Gasteiger partial charge < -0.3 is 19.5 Å². The molecule has 0 saturated carbocycles. The Morgan fingerprint density at radius 2 is 1.95 bits per heavy atom. The molecule has 3 aromatic rings. The van der Waals surface area contributed by atoms with Gasteiger partial charge in [-0.1, -0.05) is 42.5 Å². The first-order valence-corrected chi connectivity index (χ1v) is 16.1. The molecule has 2 aliphatic heterocycles. The molecular weight excluding hydrogens is 518 g/mol. The highest BCUT2D eigenvalue weighted by atomic mass is 28.4. The average molecular weight is 552 g/mol. The van der Waals surface area contributed by atoms with Gasteiger partial charge in [0, 0.05) is 54.9 Å². The summed E-state index contributed by atoms with van der Waals surface area (Å²) < 4.78 is 8.41. The van der Waals surface area contributed by atoms with Gasteiger partial charge in [0.25, 0.3) is 11.6 Å². The molecule has 12 heteroatoms. The summed E-state index contributed by atoms with van der Waals surface area (Å²) >= 11 is 0. The van der Waals surface area contributed by atoms with Crippen LogP contribution in [0.1, 0.15) is 30.2 Å². The zero-order valence-electron chi connectivity index (χ0n) is 22.2. The molecule has 3 heterocycles. The summed E-state index contributed by atoms with van der Waals surface area (Å²) in [5.74, 6) is -0.699. The molecule has 1 spiro atoms. The summed E-state index contributed by atoms with van der Waals surface area (Å²) in [6.45, 7) is 6.31. The van der Waals surface area contributed by atoms with Gasteiger partial charge in [-0.15, -0.1) is 5.10 Å². The number of nitrogens with zero attached hydrogens (tertiary/aromatic N) is 5. The Morgan fingerprint density at radius 1 is 1.21 bits per heavy atom. The molecule has 1 amide bonds. The number of hydrogen-bond donors (Lipinski definition) is 2. The number of carbonyl (C=O) groups is 1. The predicted octanol–water partition coefficient (Wildman–Crippen LogP) is 3.16. The van der Waals surface area contributed by atoms with Gasteiger partial charge in [-0.3, -0.25) is 19.6 Å². The second-order valence-corrected chi connectivity index (χ2v) is 14.9. The first kappa shape index (κ1) is 27.1. The number of aliphatic hydroxyl groups excluding tert-OH is 1. The van der Waals surface area contributed by atoms with Gasteiger partial charge in [0.05, 0.1) is 29.0 Å². The van der Waals surface area contributed by atoms with Gasteiger partial charge in [0.2, 0.25) is 0 Å². The minimum Gasteiger partial charge on any atom is -0.432 e. The third-order valence-electron chi connectivity index (χ3n) is 7.96. The van der Waals surface area contributed by atoms with Gasteiger partial charge in [-0.05, 0) is 31.1 Å². The van der Waals surface area contributed by atoms with E-state index in [1.807, 2.05) is 50.3 Å². The lowest BCUT2D eigenvalue weighted by molar-refractivity contribution is -0.385. The first-order chi connectivity index (χ1) is 18.6. The molecule has 0 unspecified atom stereocenters. The van der Waals surface area contributed by atoms with Crippen LogP contribution in [0.4, 0.5) is 11.4 Å². The number of ether oxygens (including phenoxy) is 1. The van der Waals surface area contributed by atoms with Crippen molar-refractivity contribution in [2.45, 2.75) is 63.2 Å². The summed E-state index contributed by atoms with van der Waals surface area (Å²) in [6, 6.07) is 14.1. The van der Waals surface area contributed by atoms with Crippen molar-refractivity contribution in [1.82, 2.24) is 15.0 Å². The highest BCUT2D eigenvalue weighted by Crippen LogP contribution is 2.60. The molecule has 11 nitrogen and oxygen atoms in total. The Hall–Kier alpha value is -3.45. The van der Waals surface area contributed by atoms with E-state index in [4.69, 9.17) is 4.74 Å². The summed E-state index contributed by atoms with van der Waals surface area (Å²) in [7, 11) is -2.88. The van der Waals surface area contributed by atoms with E-state index < -0.39 is 30.9 Å². The molecule has 1 fully saturated rings. The number of aryl methyl sites for hydroxylation is 1. The Labute approximate surface area is 227 Å². The fourth-order valence-electron chi connectivity index (χ4n) is 6.31. The number of non-ortho nitro benzene ring substituents is 1. The molecule has 2 N–H and O–H groups in total. The van der Waals surface area contributed by atoms with Gasteiger partial charge in [0.15, 0.2) is 13.9 Å². The Kier molecular flexibility index (Phi) is 7.14. The first-order valence-electron chi connectivity index (χ1n) is 13.1. The fourth-order valence-corrected chi connectivity index (χ4v) is 8.91. The van der Waals surface area contributed by atoms with Crippen molar-refractivity contribution in [3.05, 3.63) is 81.7 Å². The monoisotopic (exact) mass is 551 g/mol. The van der Waals surface area contributed by atoms with Crippen molar-refractivity contribution in [3.8, 4) is 0 Å². The van der Waals surface area contributed by atoms with Crippen molar-refractivity contribution in [2.75, 3.05) is 11.5 Å². The number of nitro groups is 1. The molecule has 2 aromatic carbocycles. The van der Waals surface area contributed by atoms with Gasteiger partial charge in [-0.25, -0.2) is 0 Å². The predicted molar refractivity (Wildman–Crippen MR) is 145 cm³/mol. The van der Waals surface area contributed by atoms with Crippen LogP contribution in [0.25, 0.3) is 0 Å². The van der Waals surface area contributed by atoms with Crippen molar-refractivity contribution in [2.24, 2.45) is 5.92 Å². The number of hydrogen-bond acceptors (Lipinski definition) is 8. The average Bonchev–Trinajstić information content (AvgIpc) is 3.53. The minimum atomic E-state index is -2.88. The molecule has 1 aromatic heterocycles. The quantitative estimate of drug-likeness (QED) is 0.234. The van der Waals surface area contributed by atoms with Crippen molar-refractivity contribution >= 4 is 25.6 Å². The van der Waals surface area contributed by atoms with Gasteiger partial charge >= 0.3 is 0 Å². The van der Waals surface area contributed by atoms with Crippen LogP contribution < -0.4 is 4.90 Å². The van der Waals surface area contributed by atoms with E-state index in [2.05, 4.69) is 10.3 Å². The molecule has 206 valence electrons. The van der Waals surface area contributed by atoms with E-state index in [-0.39, 0.29) is 23.7 Å². The second kappa shape index (κ2) is 10.3. The highest BCUT2D eigenvalue weighted by molar-refractivity contribution is 6.71. The van der Waals surface area contributed by atoms with Crippen molar-refractivity contribution in [3.63, 3.8) is 0 Å². The lowest BCUT2D eigenvalue weighted by atomic mass is 9.82. The van der Waals surface area contributed by atoms with E-state index >= 15 is 0 Å². The number of anilines is 1. The highest BCUT2D eigenvalue weighted by Gasteiger charge is 2.66. The van der Waals surface area contributed by atoms with Crippen LogP contribution in [0.3, 0.4) is 0 Å². The maximum absolute atomic E-state index is 14.4. The summed E-state index contributed by atoms with van der Waals surface area (Å²) in [4.78, 5) is 38.7. The fraction of sp³-hybridized carbons (Fsp3) is 0.444. The molecule has 39 heavy (non-hydrogen) atoms. The van der Waals surface area contributed by atoms with E-state index in [1.54, 1.807) is 21.8 Å². The zero-order valence-corrected chi connectivity index (χ0v) is 23.2. The van der Waals surface area contributed by atoms with Crippen LogP contribution in [0.15, 0.2) is 54.7 Å². The Morgan fingerprint density at radius 3 is 2.62 bits per heavy atom. The second-order valence-electron chi connectivity index (χ2n) is 10.9. The van der Waals surface area contributed by atoms with E-state index in [9.17, 15) is 24.8 Å². The topological polar surface area (TPSA) is 144 Å². The number of nitro benzene ring substituents is 1. The van der Waals surface area contributed by atoms with E-state index in [0.29, 0.717) is 42.9 Å². The van der Waals surface area contributed by atoms with Gasteiger partial charge in [0.1, 0.15) is 0 Å². The van der Waals surface area contributed by atoms with Crippen molar-refractivity contribution < 1.29 is 24.4 Å². The van der Waals surface area contributed by atoms with Crippen LogP contribution >= 0.6 is 0 Å². The standard InChI is InChI=1S/C27H33N5O6Si/c1-18-25(39(2,3)37)24(11-13-30-17-20(12-14-33)28-29-30)38-27(18)22-15-21(32(35)36)9-10-23(22)31(26(27)34)16-19-7-5-4-6-8-19/h4-10,15,17-18,24-25,33,37H,11-14,16H2,1-3H3/t18-,24+,25-,27+/m1/s1. The third-order valence-corrected chi connectivity index (χ3v) is 10.5. The molecule has 1 saturated heterocycles. The molecule has 0 bridgehead atoms. The van der Waals surface area contributed by atoms with Crippen molar-refractivity contribution in [1.29, 1.82) is 0 Å². The zero-order chi connectivity index (χ0) is 27.9. The summed E-state index contributed by atoms with van der Waals surface area (Å²) in [6.07, 6.45) is 2.15. The number of amides is 1. The number of carbonyl (C=O) groups excluding carboxylic acids is 1. The molecule has 5 rings (SSSR count). The number of rotatable bonds is 9. The third kappa shape index (κ3) is 4.77. The van der Waals surface area contributed by atoms with Crippen LogP contribution in [-0.4, -0.2) is 56.8 Å². The van der Waals surface area contributed by atoms with E-state index in [0.717, 1.165) is 5.56 Å². The van der Waals surface area contributed by atoms with E-state index in [1.165, 1.54) is 12.1 Å². The molecule has 2 aliphatic rings. The Bertz CT molecular complexity index is 1380. The molecular formula is C27H33N5O6Si. The van der Waals surface area contributed by atoms with Crippen LogP contribution in [-0.2, 0) is 34.6 Å². The molecule has 0 radical (unpaired) electrons. The molecule has 0 aliphatic carbocycles.